The number of aryl methyl sites for hydroxylation is 2. The highest BCUT2D eigenvalue weighted by Gasteiger charge is 2.25. The van der Waals surface area contributed by atoms with Gasteiger partial charge >= 0.3 is 0 Å². The quantitative estimate of drug-likeness (QED) is 0.584. The molecule has 2 heterocycles. The average molecular weight is 438 g/mol. The van der Waals surface area contributed by atoms with Gasteiger partial charge in [0.05, 0.1) is 6.04 Å². The molecular weight excluding hydrogens is 410 g/mol. The highest BCUT2D eigenvalue weighted by Crippen LogP contribution is 2.24. The summed E-state index contributed by atoms with van der Waals surface area (Å²) < 4.78 is 1.77. The normalized spacial score (nSPS) is 11.7. The average Bonchev–Trinajstić information content (AvgIpc) is 3.33. The number of carbonyl (C=O) groups excluding carboxylic acids is 2. The Labute approximate surface area is 186 Å². The fraction of sp³-hybridized carbons (Fsp3) is 0.292. The topological polar surface area (TPSA) is 71.4 Å². The zero-order valence-corrected chi connectivity index (χ0v) is 18.8. The molecule has 0 spiro atoms. The minimum absolute atomic E-state index is 0.00622. The molecule has 2 aromatic heterocycles. The number of hydrogen-bond donors (Lipinski definition) is 1. The van der Waals surface area contributed by atoms with Crippen LogP contribution in [0.25, 0.3) is 0 Å². The maximum Gasteiger partial charge on any atom is 0.259 e. The molecule has 1 aromatic carbocycles. The molecule has 0 aliphatic carbocycles. The maximum atomic E-state index is 13.2. The molecule has 3 aromatic rings. The smallest absolute Gasteiger partial charge is 0.259 e. The van der Waals surface area contributed by atoms with Gasteiger partial charge in [0, 0.05) is 37.9 Å². The second-order valence-corrected chi connectivity index (χ2v) is 8.41. The Kier molecular flexibility index (Phi) is 7.41. The molecule has 0 unspecified atom stereocenters. The molecule has 0 aliphatic rings. The van der Waals surface area contributed by atoms with Crippen LogP contribution in [0.4, 0.5) is 0 Å². The minimum atomic E-state index is -0.547. The lowest BCUT2D eigenvalue weighted by molar-refractivity contribution is 0.0742. The van der Waals surface area contributed by atoms with Gasteiger partial charge in [0.1, 0.15) is 11.1 Å². The fourth-order valence-electron chi connectivity index (χ4n) is 3.41. The zero-order chi connectivity index (χ0) is 22.4. The van der Waals surface area contributed by atoms with E-state index in [1.165, 1.54) is 18.8 Å². The van der Waals surface area contributed by atoms with Crippen molar-refractivity contribution in [2.45, 2.75) is 32.4 Å². The Morgan fingerprint density at radius 3 is 2.45 bits per heavy atom. The predicted molar refractivity (Wildman–Crippen MR) is 124 cm³/mol. The summed E-state index contributed by atoms with van der Waals surface area (Å²) in [5, 5.41) is 4.45. The molecule has 6 nitrogen and oxygen atoms in total. The molecule has 0 fully saturated rings. The number of benzene rings is 1. The molecular formula is C24H27N3O3S. The SMILES string of the molecule is CNC(=O)c1cn(CCCc2ccccc2)cc(C(=O)N(C)[C@H](C)c2cccs2)c1=O. The lowest BCUT2D eigenvalue weighted by atomic mass is 10.1. The predicted octanol–water partition coefficient (Wildman–Crippen LogP) is 3.74. The van der Waals surface area contributed by atoms with Crippen LogP contribution >= 0.6 is 11.3 Å². The molecule has 7 heteroatoms. The molecule has 1 N–H and O–H groups in total. The Hall–Kier alpha value is -3.19. The number of carbonyl (C=O) groups is 2. The lowest BCUT2D eigenvalue weighted by Gasteiger charge is -2.24. The molecule has 2 amide bonds. The van der Waals surface area contributed by atoms with Gasteiger partial charge in [0.25, 0.3) is 11.8 Å². The first-order valence-electron chi connectivity index (χ1n) is 10.2. The van der Waals surface area contributed by atoms with Crippen LogP contribution in [0.15, 0.2) is 65.0 Å². The number of amides is 2. The number of hydrogen-bond acceptors (Lipinski definition) is 4. The fourth-order valence-corrected chi connectivity index (χ4v) is 4.23. The first-order chi connectivity index (χ1) is 14.9. The van der Waals surface area contributed by atoms with Gasteiger partial charge in [-0.1, -0.05) is 36.4 Å². The summed E-state index contributed by atoms with van der Waals surface area (Å²) >= 11 is 1.56. The van der Waals surface area contributed by atoms with E-state index in [0.29, 0.717) is 6.54 Å². The van der Waals surface area contributed by atoms with Crippen LogP contribution in [-0.2, 0) is 13.0 Å². The number of rotatable bonds is 8. The van der Waals surface area contributed by atoms with E-state index in [9.17, 15) is 14.4 Å². The van der Waals surface area contributed by atoms with Crippen LogP contribution in [-0.4, -0.2) is 35.4 Å². The molecule has 0 aliphatic heterocycles. The minimum Gasteiger partial charge on any atom is -0.355 e. The third-order valence-corrected chi connectivity index (χ3v) is 6.40. The molecule has 0 saturated carbocycles. The number of thiophene rings is 1. The van der Waals surface area contributed by atoms with E-state index in [1.54, 1.807) is 34.0 Å². The monoisotopic (exact) mass is 437 g/mol. The Bertz CT molecular complexity index is 1090. The summed E-state index contributed by atoms with van der Waals surface area (Å²) in [6.45, 7) is 2.51. The van der Waals surface area contributed by atoms with Gasteiger partial charge in [-0.15, -0.1) is 11.3 Å². The van der Waals surface area contributed by atoms with Crippen molar-refractivity contribution < 1.29 is 9.59 Å². The highest BCUT2D eigenvalue weighted by atomic mass is 32.1. The first-order valence-corrected chi connectivity index (χ1v) is 11.1. The highest BCUT2D eigenvalue weighted by molar-refractivity contribution is 7.10. The summed E-state index contributed by atoms with van der Waals surface area (Å²) in [6.07, 6.45) is 4.78. The standard InChI is InChI=1S/C24H27N3O3S/c1-17(21-12-8-14-31-21)26(3)24(30)20-16-27(15-19(22(20)28)23(29)25-2)13-7-11-18-9-5-4-6-10-18/h4-6,8-10,12,14-17H,7,11,13H2,1-3H3,(H,25,29)/t17-/m1/s1. The molecule has 0 saturated heterocycles. The van der Waals surface area contributed by atoms with Crippen LogP contribution in [0.1, 0.15) is 50.5 Å². The van der Waals surface area contributed by atoms with Crippen molar-refractivity contribution in [1.82, 2.24) is 14.8 Å². The van der Waals surface area contributed by atoms with Crippen molar-refractivity contribution >= 4 is 23.2 Å². The zero-order valence-electron chi connectivity index (χ0n) is 18.0. The van der Waals surface area contributed by atoms with E-state index in [-0.39, 0.29) is 17.2 Å². The number of nitrogens with one attached hydrogen (secondary N) is 1. The van der Waals surface area contributed by atoms with Crippen LogP contribution in [0.3, 0.4) is 0 Å². The van der Waals surface area contributed by atoms with Crippen LogP contribution in [0, 0.1) is 0 Å². The summed E-state index contributed by atoms with van der Waals surface area (Å²) in [7, 11) is 3.15. The maximum absolute atomic E-state index is 13.2. The second kappa shape index (κ2) is 10.2. The Morgan fingerprint density at radius 1 is 1.10 bits per heavy atom. The van der Waals surface area contributed by atoms with Crippen molar-refractivity contribution in [3.8, 4) is 0 Å². The van der Waals surface area contributed by atoms with Crippen molar-refractivity contribution in [2.24, 2.45) is 0 Å². The third kappa shape index (κ3) is 5.30. The number of aromatic nitrogens is 1. The van der Waals surface area contributed by atoms with Gasteiger partial charge in [-0.2, -0.15) is 0 Å². The van der Waals surface area contributed by atoms with E-state index >= 15 is 0 Å². The lowest BCUT2D eigenvalue weighted by Crippen LogP contribution is -2.36. The van der Waals surface area contributed by atoms with Crippen molar-refractivity contribution in [2.75, 3.05) is 14.1 Å². The molecule has 0 bridgehead atoms. The van der Waals surface area contributed by atoms with E-state index < -0.39 is 17.2 Å². The van der Waals surface area contributed by atoms with Crippen LogP contribution < -0.4 is 10.7 Å². The van der Waals surface area contributed by atoms with Crippen molar-refractivity contribution in [3.63, 3.8) is 0 Å². The molecule has 31 heavy (non-hydrogen) atoms. The molecule has 1 atom stereocenters. The molecule has 0 radical (unpaired) electrons. The summed E-state index contributed by atoms with van der Waals surface area (Å²) in [4.78, 5) is 41.0. The number of pyridine rings is 1. The first kappa shape index (κ1) is 22.5. The van der Waals surface area contributed by atoms with Gasteiger partial charge < -0.3 is 14.8 Å². The van der Waals surface area contributed by atoms with Gasteiger partial charge in [-0.25, -0.2) is 0 Å². The van der Waals surface area contributed by atoms with Crippen molar-refractivity contribution in [3.05, 3.63) is 92.0 Å². The van der Waals surface area contributed by atoms with E-state index in [2.05, 4.69) is 17.4 Å². The van der Waals surface area contributed by atoms with Gasteiger partial charge in [0.2, 0.25) is 5.43 Å². The third-order valence-electron chi connectivity index (χ3n) is 5.36. The van der Waals surface area contributed by atoms with Crippen LogP contribution in [0.2, 0.25) is 0 Å². The largest absolute Gasteiger partial charge is 0.355 e. The number of nitrogens with zero attached hydrogens (tertiary/aromatic N) is 2. The Morgan fingerprint density at radius 2 is 1.81 bits per heavy atom. The van der Waals surface area contributed by atoms with E-state index in [4.69, 9.17) is 0 Å². The van der Waals surface area contributed by atoms with Gasteiger partial charge in [-0.05, 0) is 36.8 Å². The summed E-state index contributed by atoms with van der Waals surface area (Å²) in [6, 6.07) is 13.8. The van der Waals surface area contributed by atoms with Crippen molar-refractivity contribution in [1.29, 1.82) is 0 Å². The van der Waals surface area contributed by atoms with Crippen LogP contribution in [0.5, 0.6) is 0 Å². The van der Waals surface area contributed by atoms with Gasteiger partial charge in [-0.3, -0.25) is 14.4 Å². The van der Waals surface area contributed by atoms with E-state index in [1.807, 2.05) is 42.6 Å². The molecule has 162 valence electrons. The molecule has 3 rings (SSSR count). The summed E-state index contributed by atoms with van der Waals surface area (Å²) in [5.41, 5.74) is 0.654. The summed E-state index contributed by atoms with van der Waals surface area (Å²) in [5.74, 6) is -0.890. The van der Waals surface area contributed by atoms with E-state index in [0.717, 1.165) is 17.7 Å². The van der Waals surface area contributed by atoms with Gasteiger partial charge in [0.15, 0.2) is 0 Å². The second-order valence-electron chi connectivity index (χ2n) is 7.43. The Balaban J connectivity index is 1.87.